The second-order valence-electron chi connectivity index (χ2n) is 3.72. The number of hydrogen-bond acceptors (Lipinski definition) is 4. The van der Waals surface area contributed by atoms with Crippen molar-refractivity contribution in [2.45, 2.75) is 28.5 Å². The smallest absolute Gasteiger partial charge is 0.191 e. The van der Waals surface area contributed by atoms with Crippen LogP contribution in [-0.4, -0.2) is 30.9 Å². The zero-order valence-electron chi connectivity index (χ0n) is 9.63. The first-order chi connectivity index (χ1) is 7.87. The van der Waals surface area contributed by atoms with Crippen molar-refractivity contribution < 1.29 is 18.3 Å². The Balaban J connectivity index is 2.96. The molecular formula is C11H15BrO4S. The Bertz CT molecular complexity index is 453. The fraction of sp³-hybridized carbons (Fsp3) is 0.455. The monoisotopic (exact) mass is 322 g/mol. The van der Waals surface area contributed by atoms with E-state index < -0.39 is 20.1 Å². The standard InChI is InChI=1S/C11H15BrO4S/c1-8(13)7-11(12)17(14,15)10-5-3-9(16-2)4-6-10/h3-6,8,11,13H,7H2,1-2H3/t8-,11-/m1/s1. The van der Waals surface area contributed by atoms with Crippen molar-refractivity contribution in [3.63, 3.8) is 0 Å². The molecule has 0 heterocycles. The number of ether oxygens (including phenoxy) is 1. The summed E-state index contributed by atoms with van der Waals surface area (Å²) in [6, 6.07) is 6.17. The van der Waals surface area contributed by atoms with Gasteiger partial charge in [0, 0.05) is 0 Å². The van der Waals surface area contributed by atoms with Gasteiger partial charge >= 0.3 is 0 Å². The van der Waals surface area contributed by atoms with E-state index in [9.17, 15) is 13.5 Å². The summed E-state index contributed by atoms with van der Waals surface area (Å²) in [6.45, 7) is 1.55. The number of aliphatic hydroxyl groups excluding tert-OH is 1. The van der Waals surface area contributed by atoms with Crippen LogP contribution in [0.2, 0.25) is 0 Å². The summed E-state index contributed by atoms with van der Waals surface area (Å²) in [6.07, 6.45) is -0.527. The van der Waals surface area contributed by atoms with Crippen LogP contribution in [-0.2, 0) is 9.84 Å². The highest BCUT2D eigenvalue weighted by molar-refractivity contribution is 9.11. The van der Waals surface area contributed by atoms with Gasteiger partial charge in [0.2, 0.25) is 0 Å². The lowest BCUT2D eigenvalue weighted by Gasteiger charge is -2.13. The number of rotatable bonds is 5. The van der Waals surface area contributed by atoms with Gasteiger partial charge in [0.15, 0.2) is 9.84 Å². The topological polar surface area (TPSA) is 63.6 Å². The maximum atomic E-state index is 12.1. The Kier molecular flexibility index (Phi) is 4.97. The van der Waals surface area contributed by atoms with Gasteiger partial charge in [0.1, 0.15) is 9.91 Å². The number of methoxy groups -OCH3 is 1. The number of benzene rings is 1. The van der Waals surface area contributed by atoms with Gasteiger partial charge in [-0.25, -0.2) is 8.42 Å². The summed E-state index contributed by atoms with van der Waals surface area (Å²) in [5.74, 6) is 0.602. The molecule has 1 aromatic carbocycles. The first-order valence-electron chi connectivity index (χ1n) is 5.08. The molecule has 0 saturated heterocycles. The van der Waals surface area contributed by atoms with Crippen LogP contribution < -0.4 is 4.74 Å². The predicted molar refractivity (Wildman–Crippen MR) is 69.2 cm³/mol. The molecule has 0 aliphatic carbocycles. The Morgan fingerprint density at radius 2 is 1.88 bits per heavy atom. The minimum absolute atomic E-state index is 0.147. The first kappa shape index (κ1) is 14.5. The largest absolute Gasteiger partial charge is 0.497 e. The maximum absolute atomic E-state index is 12.1. The van der Waals surface area contributed by atoms with Crippen molar-refractivity contribution in [3.05, 3.63) is 24.3 Å². The lowest BCUT2D eigenvalue weighted by molar-refractivity contribution is 0.189. The van der Waals surface area contributed by atoms with Crippen molar-refractivity contribution >= 4 is 25.8 Å². The molecular weight excluding hydrogens is 308 g/mol. The van der Waals surface area contributed by atoms with E-state index >= 15 is 0 Å². The molecule has 0 aromatic heterocycles. The van der Waals surface area contributed by atoms with E-state index in [1.807, 2.05) is 0 Å². The highest BCUT2D eigenvalue weighted by Crippen LogP contribution is 2.25. The van der Waals surface area contributed by atoms with E-state index in [-0.39, 0.29) is 11.3 Å². The van der Waals surface area contributed by atoms with Crippen LogP contribution in [0.5, 0.6) is 5.75 Å². The van der Waals surface area contributed by atoms with E-state index in [1.165, 1.54) is 19.2 Å². The summed E-state index contributed by atoms with van der Waals surface area (Å²) in [4.78, 5) is 0.209. The SMILES string of the molecule is COc1ccc(S(=O)(=O)[C@@H](Br)C[C@@H](C)O)cc1. The average molecular weight is 323 g/mol. The fourth-order valence-electron chi connectivity index (χ4n) is 1.31. The molecule has 0 radical (unpaired) electrons. The fourth-order valence-corrected chi connectivity index (χ4v) is 3.84. The third-order valence-corrected chi connectivity index (χ3v) is 5.90. The molecule has 4 nitrogen and oxygen atoms in total. The summed E-state index contributed by atoms with van der Waals surface area (Å²) in [5, 5.41) is 9.20. The number of sulfone groups is 1. The molecule has 0 aliphatic heterocycles. The van der Waals surface area contributed by atoms with Crippen LogP contribution in [0.15, 0.2) is 29.2 Å². The van der Waals surface area contributed by atoms with Crippen molar-refractivity contribution in [2.24, 2.45) is 0 Å². The second kappa shape index (κ2) is 5.84. The van der Waals surface area contributed by atoms with Crippen LogP contribution in [0.25, 0.3) is 0 Å². The quantitative estimate of drug-likeness (QED) is 0.842. The van der Waals surface area contributed by atoms with Gasteiger partial charge in [0.25, 0.3) is 0 Å². The summed E-state index contributed by atoms with van der Waals surface area (Å²) < 4.78 is 28.3. The zero-order valence-corrected chi connectivity index (χ0v) is 12.0. The summed E-state index contributed by atoms with van der Waals surface area (Å²) in [7, 11) is -1.94. The normalized spacial score (nSPS) is 15.3. The van der Waals surface area contributed by atoms with Crippen molar-refractivity contribution in [1.29, 1.82) is 0 Å². The second-order valence-corrected chi connectivity index (χ2v) is 7.56. The third kappa shape index (κ3) is 3.69. The molecule has 0 bridgehead atoms. The molecule has 96 valence electrons. The van der Waals surface area contributed by atoms with Crippen LogP contribution >= 0.6 is 15.9 Å². The van der Waals surface area contributed by atoms with Gasteiger partial charge in [0.05, 0.1) is 18.1 Å². The Morgan fingerprint density at radius 1 is 1.35 bits per heavy atom. The van der Waals surface area contributed by atoms with E-state index in [1.54, 1.807) is 19.1 Å². The molecule has 0 aliphatic rings. The predicted octanol–water partition coefficient (Wildman–Crippen LogP) is 1.96. The van der Waals surface area contributed by atoms with Crippen LogP contribution in [0.3, 0.4) is 0 Å². The molecule has 17 heavy (non-hydrogen) atoms. The molecule has 0 amide bonds. The average Bonchev–Trinajstić information content (AvgIpc) is 2.28. The Hall–Kier alpha value is -0.590. The molecule has 0 fully saturated rings. The van der Waals surface area contributed by atoms with Crippen molar-refractivity contribution in [3.8, 4) is 5.75 Å². The molecule has 0 spiro atoms. The molecule has 1 aromatic rings. The number of halogens is 1. The van der Waals surface area contributed by atoms with E-state index in [4.69, 9.17) is 4.74 Å². The van der Waals surface area contributed by atoms with Gasteiger partial charge in [-0.1, -0.05) is 15.9 Å². The molecule has 0 unspecified atom stereocenters. The zero-order chi connectivity index (χ0) is 13.1. The van der Waals surface area contributed by atoms with Crippen molar-refractivity contribution in [2.75, 3.05) is 7.11 Å². The lowest BCUT2D eigenvalue weighted by atomic mass is 10.3. The summed E-state index contributed by atoms with van der Waals surface area (Å²) >= 11 is 3.09. The minimum atomic E-state index is -3.46. The maximum Gasteiger partial charge on any atom is 0.191 e. The Morgan fingerprint density at radius 3 is 2.29 bits per heavy atom. The molecule has 1 rings (SSSR count). The van der Waals surface area contributed by atoms with Gasteiger partial charge in [-0.05, 0) is 37.6 Å². The van der Waals surface area contributed by atoms with Gasteiger partial charge in [-0.2, -0.15) is 0 Å². The van der Waals surface area contributed by atoms with E-state index in [0.29, 0.717) is 5.75 Å². The number of alkyl halides is 1. The molecule has 6 heteroatoms. The highest BCUT2D eigenvalue weighted by Gasteiger charge is 2.26. The van der Waals surface area contributed by atoms with Crippen LogP contribution in [0.4, 0.5) is 0 Å². The van der Waals surface area contributed by atoms with Gasteiger partial charge in [-0.3, -0.25) is 0 Å². The van der Waals surface area contributed by atoms with E-state index in [0.717, 1.165) is 0 Å². The van der Waals surface area contributed by atoms with Crippen LogP contribution in [0.1, 0.15) is 13.3 Å². The minimum Gasteiger partial charge on any atom is -0.497 e. The molecule has 0 saturated carbocycles. The first-order valence-corrected chi connectivity index (χ1v) is 7.54. The highest BCUT2D eigenvalue weighted by atomic mass is 79.9. The summed E-state index contributed by atoms with van der Waals surface area (Å²) in [5.41, 5.74) is 0. The molecule has 1 N–H and O–H groups in total. The van der Waals surface area contributed by atoms with Gasteiger partial charge < -0.3 is 9.84 Å². The van der Waals surface area contributed by atoms with E-state index in [2.05, 4.69) is 15.9 Å². The van der Waals surface area contributed by atoms with Gasteiger partial charge in [-0.15, -0.1) is 0 Å². The van der Waals surface area contributed by atoms with Crippen LogP contribution in [0, 0.1) is 0 Å². The molecule has 2 atom stereocenters. The van der Waals surface area contributed by atoms with Crippen molar-refractivity contribution in [1.82, 2.24) is 0 Å². The number of hydrogen-bond donors (Lipinski definition) is 1. The lowest BCUT2D eigenvalue weighted by Crippen LogP contribution is -2.19. The number of aliphatic hydroxyl groups is 1. The Labute approximate surface area is 110 Å². The third-order valence-electron chi connectivity index (χ3n) is 2.25.